The van der Waals surface area contributed by atoms with Crippen molar-refractivity contribution in [2.24, 2.45) is 0 Å². The van der Waals surface area contributed by atoms with Gasteiger partial charge in [0, 0.05) is 21.2 Å². The molecule has 1 unspecified atom stereocenters. The van der Waals surface area contributed by atoms with E-state index in [1.807, 2.05) is 49.4 Å². The number of nitrogens with zero attached hydrogens (tertiary/aromatic N) is 1. The normalized spacial score (nSPS) is 11.7. The van der Waals surface area contributed by atoms with Crippen molar-refractivity contribution in [2.45, 2.75) is 23.5 Å². The highest BCUT2D eigenvalue weighted by Crippen LogP contribution is 2.32. The zero-order chi connectivity index (χ0) is 24.1. The zero-order valence-electron chi connectivity index (χ0n) is 18.5. The molecule has 4 rings (SSSR count). The number of thioether (sulfide) groups is 1. The van der Waals surface area contributed by atoms with E-state index in [1.165, 1.54) is 23.1 Å². The number of rotatable bonds is 8. The quantitative estimate of drug-likeness (QED) is 0.257. The van der Waals surface area contributed by atoms with Crippen molar-refractivity contribution in [3.63, 3.8) is 0 Å². The van der Waals surface area contributed by atoms with Crippen molar-refractivity contribution in [3.8, 4) is 5.75 Å². The Hall–Kier alpha value is -3.07. The fraction of sp³-hybridized carbons (Fsp3) is 0.160. The molecule has 6 nitrogen and oxygen atoms in total. The first-order valence-corrected chi connectivity index (χ1v) is 12.6. The molecule has 0 aliphatic heterocycles. The second-order valence-electron chi connectivity index (χ2n) is 7.35. The Labute approximate surface area is 210 Å². The molecule has 0 saturated heterocycles. The molecule has 0 aliphatic carbocycles. The summed E-state index contributed by atoms with van der Waals surface area (Å²) < 4.78 is 6.20. The minimum absolute atomic E-state index is 0.119. The van der Waals surface area contributed by atoms with E-state index in [1.54, 1.807) is 31.4 Å². The van der Waals surface area contributed by atoms with Gasteiger partial charge in [-0.25, -0.2) is 4.98 Å². The van der Waals surface area contributed by atoms with Crippen LogP contribution in [0.1, 0.15) is 23.7 Å². The maximum atomic E-state index is 13.0. The summed E-state index contributed by atoms with van der Waals surface area (Å²) in [6.07, 6.45) is 0.633. The Kier molecular flexibility index (Phi) is 7.72. The first-order chi connectivity index (χ1) is 16.4. The average Bonchev–Trinajstić information content (AvgIpc) is 3.24. The molecule has 1 atom stereocenters. The van der Waals surface area contributed by atoms with Crippen LogP contribution in [0, 0.1) is 0 Å². The van der Waals surface area contributed by atoms with Gasteiger partial charge in [0.05, 0.1) is 22.6 Å². The molecule has 1 heterocycles. The summed E-state index contributed by atoms with van der Waals surface area (Å²) in [7, 11) is 1.62. The summed E-state index contributed by atoms with van der Waals surface area (Å²) in [4.78, 5) is 30.9. The summed E-state index contributed by atoms with van der Waals surface area (Å²) in [5.41, 5.74) is 1.93. The fourth-order valence-corrected chi connectivity index (χ4v) is 5.34. The number of nitrogens with one attached hydrogen (secondary N) is 2. The number of benzene rings is 3. The van der Waals surface area contributed by atoms with Crippen LogP contribution in [0.5, 0.6) is 5.75 Å². The lowest BCUT2D eigenvalue weighted by molar-refractivity contribution is -0.115. The number of halogens is 1. The lowest BCUT2D eigenvalue weighted by Crippen LogP contribution is -2.24. The maximum absolute atomic E-state index is 13.0. The van der Waals surface area contributed by atoms with Gasteiger partial charge in [0.25, 0.3) is 5.91 Å². The van der Waals surface area contributed by atoms with Crippen molar-refractivity contribution >= 4 is 67.5 Å². The molecule has 0 fully saturated rings. The monoisotopic (exact) mass is 511 g/mol. The summed E-state index contributed by atoms with van der Waals surface area (Å²) in [6.45, 7) is 1.96. The van der Waals surface area contributed by atoms with E-state index in [2.05, 4.69) is 15.6 Å². The van der Waals surface area contributed by atoms with Gasteiger partial charge in [-0.1, -0.05) is 42.0 Å². The third-order valence-corrected chi connectivity index (χ3v) is 7.47. The molecule has 2 N–H and O–H groups in total. The van der Waals surface area contributed by atoms with Crippen LogP contribution in [-0.4, -0.2) is 29.2 Å². The summed E-state index contributed by atoms with van der Waals surface area (Å²) in [5.74, 6) is 0.382. The highest BCUT2D eigenvalue weighted by atomic mass is 35.5. The number of carbonyl (C=O) groups excluding carboxylic acids is 2. The van der Waals surface area contributed by atoms with Gasteiger partial charge in [0.15, 0.2) is 5.13 Å². The molecule has 0 bridgehead atoms. The number of hydrogen-bond acceptors (Lipinski definition) is 6. The number of methoxy groups -OCH3 is 1. The Morgan fingerprint density at radius 3 is 2.68 bits per heavy atom. The van der Waals surface area contributed by atoms with Crippen LogP contribution in [0.3, 0.4) is 0 Å². The van der Waals surface area contributed by atoms with E-state index in [9.17, 15) is 9.59 Å². The van der Waals surface area contributed by atoms with Crippen molar-refractivity contribution < 1.29 is 14.3 Å². The molecule has 1 aromatic heterocycles. The second-order valence-corrected chi connectivity index (χ2v) is 10.1. The Balaban J connectivity index is 1.42. The van der Waals surface area contributed by atoms with Gasteiger partial charge in [-0.15, -0.1) is 11.8 Å². The minimum atomic E-state index is -0.319. The van der Waals surface area contributed by atoms with E-state index in [0.29, 0.717) is 27.8 Å². The Bertz CT molecular complexity index is 1340. The maximum Gasteiger partial charge on any atom is 0.255 e. The van der Waals surface area contributed by atoms with E-state index in [4.69, 9.17) is 16.3 Å². The predicted octanol–water partition coefficient (Wildman–Crippen LogP) is 6.72. The smallest absolute Gasteiger partial charge is 0.255 e. The number of hydrogen-bond donors (Lipinski definition) is 2. The van der Waals surface area contributed by atoms with Crippen LogP contribution in [0.15, 0.2) is 71.6 Å². The molecule has 34 heavy (non-hydrogen) atoms. The van der Waals surface area contributed by atoms with E-state index >= 15 is 0 Å². The molecule has 2 amide bonds. The molecule has 0 radical (unpaired) electrons. The van der Waals surface area contributed by atoms with Gasteiger partial charge >= 0.3 is 0 Å². The number of ether oxygens (including phenoxy) is 1. The molecule has 9 heteroatoms. The lowest BCUT2D eigenvalue weighted by Gasteiger charge is -2.14. The molecule has 0 saturated carbocycles. The fourth-order valence-electron chi connectivity index (χ4n) is 3.24. The lowest BCUT2D eigenvalue weighted by atomic mass is 10.2. The molecular formula is C25H22ClN3O3S2. The number of fused-ring (bicyclic) bond motifs is 1. The van der Waals surface area contributed by atoms with Crippen LogP contribution >= 0.6 is 34.7 Å². The molecular weight excluding hydrogens is 490 g/mol. The summed E-state index contributed by atoms with van der Waals surface area (Å²) in [6, 6.07) is 19.8. The van der Waals surface area contributed by atoms with Gasteiger partial charge in [0.2, 0.25) is 5.91 Å². The number of carbonyl (C=O) groups is 2. The minimum Gasteiger partial charge on any atom is -0.497 e. The topological polar surface area (TPSA) is 80.3 Å². The van der Waals surface area contributed by atoms with E-state index < -0.39 is 0 Å². The van der Waals surface area contributed by atoms with Crippen molar-refractivity contribution in [3.05, 3.63) is 77.3 Å². The molecule has 4 aromatic rings. The summed E-state index contributed by atoms with van der Waals surface area (Å²) in [5, 5.41) is 6.55. The average molecular weight is 512 g/mol. The van der Waals surface area contributed by atoms with Gasteiger partial charge < -0.3 is 15.4 Å². The number of anilines is 2. The first-order valence-electron chi connectivity index (χ1n) is 10.5. The highest BCUT2D eigenvalue weighted by molar-refractivity contribution is 8.00. The first kappa shape index (κ1) is 24.1. The predicted molar refractivity (Wildman–Crippen MR) is 141 cm³/mol. The van der Waals surface area contributed by atoms with Crippen LogP contribution in [0.25, 0.3) is 10.2 Å². The number of thiazole rings is 1. The van der Waals surface area contributed by atoms with Gasteiger partial charge in [-0.3, -0.25) is 9.59 Å². The third kappa shape index (κ3) is 5.88. The van der Waals surface area contributed by atoms with Crippen molar-refractivity contribution in [1.82, 2.24) is 4.98 Å². The van der Waals surface area contributed by atoms with E-state index in [-0.39, 0.29) is 17.1 Å². The van der Waals surface area contributed by atoms with Crippen molar-refractivity contribution in [1.29, 1.82) is 0 Å². The highest BCUT2D eigenvalue weighted by Gasteiger charge is 2.20. The van der Waals surface area contributed by atoms with Crippen LogP contribution < -0.4 is 15.4 Å². The molecule has 0 aliphatic rings. The van der Waals surface area contributed by atoms with Crippen LogP contribution in [0.4, 0.5) is 10.8 Å². The van der Waals surface area contributed by atoms with Crippen molar-refractivity contribution in [2.75, 3.05) is 17.7 Å². The zero-order valence-corrected chi connectivity index (χ0v) is 20.9. The second kappa shape index (κ2) is 10.9. The number of aromatic nitrogens is 1. The van der Waals surface area contributed by atoms with Gasteiger partial charge in [-0.05, 0) is 61.0 Å². The van der Waals surface area contributed by atoms with Gasteiger partial charge in [-0.2, -0.15) is 0 Å². The van der Waals surface area contributed by atoms with E-state index in [0.717, 1.165) is 20.9 Å². The van der Waals surface area contributed by atoms with Crippen LogP contribution in [0.2, 0.25) is 5.02 Å². The molecule has 174 valence electrons. The third-order valence-electron chi connectivity index (χ3n) is 4.95. The van der Waals surface area contributed by atoms with Gasteiger partial charge in [0.1, 0.15) is 5.75 Å². The molecule has 3 aromatic carbocycles. The SMILES string of the molecule is CCC(Sc1cccc(NC(=O)c2cccc(Cl)c2)c1)C(=O)Nc1nc2ccc(OC)cc2s1. The number of amides is 2. The summed E-state index contributed by atoms with van der Waals surface area (Å²) >= 11 is 8.83. The largest absolute Gasteiger partial charge is 0.497 e. The Morgan fingerprint density at radius 1 is 1.09 bits per heavy atom. The molecule has 0 spiro atoms. The van der Waals surface area contributed by atoms with Crippen LogP contribution in [-0.2, 0) is 4.79 Å². The standard InChI is InChI=1S/C25H22ClN3O3S2/c1-3-21(24(31)29-25-28-20-11-10-18(32-2)14-22(20)34-25)33-19-9-5-8-17(13-19)27-23(30)15-6-4-7-16(26)12-15/h4-14,21H,3H2,1-2H3,(H,27,30)(H,28,29,31). The Morgan fingerprint density at radius 2 is 1.91 bits per heavy atom.